The van der Waals surface area contributed by atoms with Crippen molar-refractivity contribution in [1.29, 1.82) is 0 Å². The lowest BCUT2D eigenvalue weighted by Gasteiger charge is -2.10. The Morgan fingerprint density at radius 1 is 0.677 bits per heavy atom. The van der Waals surface area contributed by atoms with Gasteiger partial charge in [-0.2, -0.15) is 0 Å². The summed E-state index contributed by atoms with van der Waals surface area (Å²) in [5.74, 6) is -0.944. The predicted octanol–water partition coefficient (Wildman–Crippen LogP) is 1.42. The van der Waals surface area contributed by atoms with Crippen molar-refractivity contribution in [2.45, 2.75) is 0 Å². The minimum atomic E-state index is -0.690. The predicted molar refractivity (Wildman–Crippen MR) is 110 cm³/mol. The molecule has 0 saturated heterocycles. The van der Waals surface area contributed by atoms with Gasteiger partial charge in [0.1, 0.15) is 11.1 Å². The molecule has 4 rings (SSSR count). The highest BCUT2D eigenvalue weighted by Gasteiger charge is 2.15. The van der Waals surface area contributed by atoms with E-state index in [1.807, 2.05) is 0 Å². The van der Waals surface area contributed by atoms with E-state index in [1.165, 1.54) is 0 Å². The molecule has 0 aliphatic rings. The van der Waals surface area contributed by atoms with Crippen LogP contribution in [0.3, 0.4) is 0 Å². The minimum Gasteiger partial charge on any atom is -0.493 e. The van der Waals surface area contributed by atoms with Gasteiger partial charge in [-0.05, 0) is 48.5 Å². The molecule has 0 saturated carbocycles. The van der Waals surface area contributed by atoms with Crippen LogP contribution >= 0.6 is 0 Å². The van der Waals surface area contributed by atoms with Crippen LogP contribution in [-0.2, 0) is 0 Å². The van der Waals surface area contributed by atoms with Crippen molar-refractivity contribution in [1.82, 2.24) is 19.6 Å². The van der Waals surface area contributed by atoms with Gasteiger partial charge >= 0.3 is 0 Å². The summed E-state index contributed by atoms with van der Waals surface area (Å²) in [6.45, 7) is 0. The molecule has 2 aromatic heterocycles. The maximum Gasteiger partial charge on any atom is 0.279 e. The van der Waals surface area contributed by atoms with Crippen molar-refractivity contribution in [3.63, 3.8) is 0 Å². The van der Waals surface area contributed by atoms with Gasteiger partial charge < -0.3 is 15.5 Å². The third kappa shape index (κ3) is 3.40. The van der Waals surface area contributed by atoms with Gasteiger partial charge in [-0.3, -0.25) is 29.4 Å². The summed E-state index contributed by atoms with van der Waals surface area (Å²) >= 11 is 0. The maximum absolute atomic E-state index is 11.6. The fourth-order valence-corrected chi connectivity index (χ4v) is 3.01. The lowest BCUT2D eigenvalue weighted by molar-refractivity contribution is 0.111. The van der Waals surface area contributed by atoms with E-state index in [9.17, 15) is 29.4 Å². The topological polar surface area (TPSA) is 162 Å². The van der Waals surface area contributed by atoms with Crippen LogP contribution < -0.4 is 16.4 Å². The average molecular weight is 421 g/mol. The molecule has 11 nitrogen and oxygen atoms in total. The quantitative estimate of drug-likeness (QED) is 0.294. The highest BCUT2D eigenvalue weighted by molar-refractivity contribution is 5.78. The lowest BCUT2D eigenvalue weighted by atomic mass is 10.2. The molecule has 0 bridgehead atoms. The number of hydrogen-bond donors (Lipinski definition) is 5. The van der Waals surface area contributed by atoms with E-state index in [0.717, 1.165) is 9.36 Å². The van der Waals surface area contributed by atoms with E-state index in [0.29, 0.717) is 22.7 Å². The first kappa shape index (κ1) is 19.5. The Balaban J connectivity index is 1.54. The fourth-order valence-electron chi connectivity index (χ4n) is 3.01. The molecule has 0 unspecified atom stereocenters. The van der Waals surface area contributed by atoms with Crippen LogP contribution in [0.15, 0.2) is 58.1 Å². The highest BCUT2D eigenvalue weighted by Crippen LogP contribution is 2.23. The number of anilines is 2. The number of H-pyrrole nitrogens is 2. The number of nitrogens with zero attached hydrogens (tertiary/aromatic N) is 2. The van der Waals surface area contributed by atoms with Crippen molar-refractivity contribution >= 4 is 23.9 Å². The smallest absolute Gasteiger partial charge is 0.279 e. The number of aldehydes is 2. The van der Waals surface area contributed by atoms with Gasteiger partial charge in [0.05, 0.1) is 11.4 Å². The highest BCUT2D eigenvalue weighted by atomic mass is 16.3. The Labute approximate surface area is 172 Å². The largest absolute Gasteiger partial charge is 0.493 e. The van der Waals surface area contributed by atoms with E-state index in [4.69, 9.17) is 0 Å². The summed E-state index contributed by atoms with van der Waals surface area (Å²) < 4.78 is 2.20. The molecule has 4 aromatic rings. The number of carbonyl (C=O) groups is 2. The van der Waals surface area contributed by atoms with E-state index >= 15 is 0 Å². The number of aromatic amines is 2. The van der Waals surface area contributed by atoms with Crippen molar-refractivity contribution in [2.75, 3.05) is 5.32 Å². The van der Waals surface area contributed by atoms with Crippen molar-refractivity contribution in [2.24, 2.45) is 0 Å². The molecular formula is C20H15N5O6. The van der Waals surface area contributed by atoms with Crippen LogP contribution in [-0.4, -0.2) is 42.3 Å². The average Bonchev–Trinajstić information content (AvgIpc) is 3.23. The van der Waals surface area contributed by atoms with Gasteiger partial charge in [0.2, 0.25) is 11.8 Å². The van der Waals surface area contributed by atoms with E-state index < -0.39 is 22.9 Å². The van der Waals surface area contributed by atoms with Gasteiger partial charge in [0.15, 0.2) is 12.6 Å². The Morgan fingerprint density at radius 2 is 1.03 bits per heavy atom. The van der Waals surface area contributed by atoms with Crippen LogP contribution in [0.2, 0.25) is 0 Å². The number of nitrogens with one attached hydrogen (secondary N) is 3. The molecule has 2 heterocycles. The zero-order chi connectivity index (χ0) is 22.1. The zero-order valence-corrected chi connectivity index (χ0v) is 15.7. The van der Waals surface area contributed by atoms with Crippen LogP contribution in [0.1, 0.15) is 20.7 Å². The molecule has 0 atom stereocenters. The molecule has 11 heteroatoms. The van der Waals surface area contributed by atoms with Crippen molar-refractivity contribution in [3.05, 3.63) is 80.4 Å². The van der Waals surface area contributed by atoms with Gasteiger partial charge in [0.25, 0.3) is 11.1 Å². The summed E-state index contributed by atoms with van der Waals surface area (Å²) in [5.41, 5.74) is 0.205. The summed E-state index contributed by atoms with van der Waals surface area (Å²) in [5, 5.41) is 27.8. The van der Waals surface area contributed by atoms with E-state index in [1.54, 1.807) is 48.5 Å². The molecule has 156 valence electrons. The first-order chi connectivity index (χ1) is 14.9. The summed E-state index contributed by atoms with van der Waals surface area (Å²) in [7, 11) is 0. The van der Waals surface area contributed by atoms with Crippen LogP contribution in [0.25, 0.3) is 11.4 Å². The number of carbonyl (C=O) groups excluding carboxylic acids is 2. The molecule has 0 spiro atoms. The Kier molecular flexibility index (Phi) is 4.76. The Morgan fingerprint density at radius 3 is 1.32 bits per heavy atom. The van der Waals surface area contributed by atoms with Crippen LogP contribution in [0.5, 0.6) is 11.8 Å². The van der Waals surface area contributed by atoms with Crippen molar-refractivity contribution in [3.8, 4) is 23.1 Å². The standard InChI is InChI=1S/C20H15N5O6/c26-9-15-17(28)22-24(19(15)30)13-5-1-11(2-6-13)21-12-3-7-14(8-4-12)25-20(31)16(10-27)18(29)23-25/h1-10,21,30-31H,(H,22,28)(H,23,29). The van der Waals surface area contributed by atoms with Gasteiger partial charge in [-0.1, -0.05) is 0 Å². The second kappa shape index (κ2) is 7.55. The summed E-state index contributed by atoms with van der Waals surface area (Å²) in [6.07, 6.45) is 0.570. The summed E-state index contributed by atoms with van der Waals surface area (Å²) in [4.78, 5) is 45.0. The minimum absolute atomic E-state index is 0.285. The SMILES string of the molecule is O=Cc1c(O)n(-c2ccc(Nc3ccc(-n4[nH]c(=O)c(C=O)c4O)cc3)cc2)[nH]c1=O. The molecule has 0 radical (unpaired) electrons. The van der Waals surface area contributed by atoms with Gasteiger partial charge in [-0.25, -0.2) is 9.36 Å². The number of benzene rings is 2. The monoisotopic (exact) mass is 421 g/mol. The third-order valence-electron chi connectivity index (χ3n) is 4.60. The number of hydrogen-bond acceptors (Lipinski definition) is 7. The molecule has 5 N–H and O–H groups in total. The molecular weight excluding hydrogens is 406 g/mol. The van der Waals surface area contributed by atoms with Gasteiger partial charge in [-0.15, -0.1) is 0 Å². The van der Waals surface area contributed by atoms with E-state index in [-0.39, 0.29) is 23.7 Å². The third-order valence-corrected chi connectivity index (χ3v) is 4.60. The van der Waals surface area contributed by atoms with Crippen LogP contribution in [0, 0.1) is 0 Å². The fraction of sp³-hybridized carbons (Fsp3) is 0. The molecule has 0 aliphatic carbocycles. The maximum atomic E-state index is 11.6. The molecule has 0 amide bonds. The molecule has 0 fully saturated rings. The number of rotatable bonds is 6. The first-order valence-electron chi connectivity index (χ1n) is 8.89. The Bertz CT molecular complexity index is 1280. The number of aromatic nitrogens is 4. The number of aromatic hydroxyl groups is 2. The van der Waals surface area contributed by atoms with Gasteiger partial charge in [0, 0.05) is 11.4 Å². The Hall–Kier alpha value is -4.80. The zero-order valence-electron chi connectivity index (χ0n) is 15.7. The molecule has 0 aliphatic heterocycles. The van der Waals surface area contributed by atoms with Crippen LogP contribution in [0.4, 0.5) is 11.4 Å². The first-order valence-corrected chi connectivity index (χ1v) is 8.89. The normalized spacial score (nSPS) is 10.7. The second-order valence-corrected chi connectivity index (χ2v) is 6.48. The molecule has 31 heavy (non-hydrogen) atoms. The molecule has 2 aromatic carbocycles. The van der Waals surface area contributed by atoms with Crippen molar-refractivity contribution < 1.29 is 19.8 Å². The lowest BCUT2D eigenvalue weighted by Crippen LogP contribution is -2.06. The van der Waals surface area contributed by atoms with E-state index in [2.05, 4.69) is 15.5 Å². The summed E-state index contributed by atoms with van der Waals surface area (Å²) in [6, 6.07) is 13.3. The second-order valence-electron chi connectivity index (χ2n) is 6.48.